The average molecular weight is 395 g/mol. The van der Waals surface area contributed by atoms with Crippen LogP contribution in [0.3, 0.4) is 0 Å². The molecule has 0 bridgehead atoms. The molecule has 5 heteroatoms. The van der Waals surface area contributed by atoms with Crippen LogP contribution in [-0.4, -0.2) is 25.7 Å². The molecule has 1 aliphatic rings. The second kappa shape index (κ2) is 8.68. The lowest BCUT2D eigenvalue weighted by Crippen LogP contribution is -2.41. The largest absolute Gasteiger partial charge is 0.378 e. The first-order valence-electron chi connectivity index (χ1n) is 10.3. The molecular weight excluding hydrogens is 355 g/mol. The summed E-state index contributed by atoms with van der Waals surface area (Å²) in [5.41, 5.74) is 0.788. The van der Waals surface area contributed by atoms with E-state index >= 15 is 0 Å². The molecule has 4 nitrogen and oxygen atoms in total. The lowest BCUT2D eigenvalue weighted by molar-refractivity contribution is 0.0474. The first kappa shape index (κ1) is 22.5. The number of hydrogen-bond donors (Lipinski definition) is 1. The lowest BCUT2D eigenvalue weighted by atomic mass is 9.75. The van der Waals surface area contributed by atoms with Crippen LogP contribution in [0.25, 0.3) is 0 Å². The minimum absolute atomic E-state index is 0.0305. The van der Waals surface area contributed by atoms with Gasteiger partial charge in [-0.2, -0.15) is 0 Å². The van der Waals surface area contributed by atoms with Crippen LogP contribution in [-0.2, 0) is 9.09 Å². The fraction of sp³-hybridized carbons (Fsp3) is 0.727. The Kier molecular flexibility index (Phi) is 7.22. The smallest absolute Gasteiger partial charge is 0.300 e. The Morgan fingerprint density at radius 1 is 1.15 bits per heavy atom. The standard InChI is InChI=1S/C22H39N2O2P/c1-16(2)20-14-9-17(3)15-21(20)26-27(25,23-22(4,5)6)19-12-10-18(11-13-19)24(7)8/h10-13,16-17,20-21H,9,14-15H2,1-8H3,(H,23,25)/t17-,20-,21-,27-/m1/s1. The molecule has 2 rings (SSSR count). The summed E-state index contributed by atoms with van der Waals surface area (Å²) in [6.07, 6.45) is 3.40. The van der Waals surface area contributed by atoms with Gasteiger partial charge < -0.3 is 9.42 Å². The van der Waals surface area contributed by atoms with Gasteiger partial charge in [-0.05, 0) is 75.6 Å². The minimum atomic E-state index is -3.18. The average Bonchev–Trinajstić information content (AvgIpc) is 2.52. The molecule has 0 radical (unpaired) electrons. The van der Waals surface area contributed by atoms with Crippen LogP contribution in [0.15, 0.2) is 24.3 Å². The molecule has 154 valence electrons. The molecule has 0 unspecified atom stereocenters. The highest BCUT2D eigenvalue weighted by Crippen LogP contribution is 2.49. The number of rotatable bonds is 6. The predicted octanol–water partition coefficient (Wildman–Crippen LogP) is 5.44. The predicted molar refractivity (Wildman–Crippen MR) is 117 cm³/mol. The van der Waals surface area contributed by atoms with Crippen molar-refractivity contribution in [2.24, 2.45) is 17.8 Å². The normalized spacial score (nSPS) is 26.0. The zero-order valence-corrected chi connectivity index (χ0v) is 19.3. The first-order valence-corrected chi connectivity index (χ1v) is 11.9. The summed E-state index contributed by atoms with van der Waals surface area (Å²) in [6.45, 7) is 12.9. The van der Waals surface area contributed by atoms with Gasteiger partial charge in [0.25, 0.3) is 7.52 Å². The maximum atomic E-state index is 14.1. The van der Waals surface area contributed by atoms with Crippen LogP contribution in [0.5, 0.6) is 0 Å². The van der Waals surface area contributed by atoms with E-state index in [-0.39, 0.29) is 11.6 Å². The summed E-state index contributed by atoms with van der Waals surface area (Å²) in [6, 6.07) is 7.93. The Hall–Kier alpha value is -0.830. The van der Waals surface area contributed by atoms with Crippen molar-refractivity contribution in [2.45, 2.75) is 72.4 Å². The zero-order valence-electron chi connectivity index (χ0n) is 18.5. The van der Waals surface area contributed by atoms with E-state index in [0.29, 0.717) is 17.8 Å². The third-order valence-corrected chi connectivity index (χ3v) is 7.94. The Morgan fingerprint density at radius 3 is 2.22 bits per heavy atom. The van der Waals surface area contributed by atoms with E-state index in [1.165, 1.54) is 6.42 Å². The SMILES string of the molecule is CC(C)[C@H]1CC[C@@H](C)C[C@H]1O[P@@](=O)(NC(C)(C)C)c1ccc(N(C)C)cc1. The van der Waals surface area contributed by atoms with Crippen LogP contribution < -0.4 is 15.3 Å². The molecule has 0 heterocycles. The van der Waals surface area contributed by atoms with Crippen molar-refractivity contribution >= 4 is 18.5 Å². The molecule has 4 atom stereocenters. The van der Waals surface area contributed by atoms with Gasteiger partial charge in [0.1, 0.15) is 0 Å². The molecule has 0 aliphatic heterocycles. The molecule has 0 spiro atoms. The Morgan fingerprint density at radius 2 is 1.74 bits per heavy atom. The second-order valence-electron chi connectivity index (χ2n) is 9.79. The van der Waals surface area contributed by atoms with Crippen LogP contribution >= 0.6 is 7.52 Å². The van der Waals surface area contributed by atoms with Crippen molar-refractivity contribution in [1.82, 2.24) is 5.09 Å². The molecule has 1 aliphatic carbocycles. The van der Waals surface area contributed by atoms with E-state index in [1.54, 1.807) is 0 Å². The molecule has 1 fully saturated rings. The number of nitrogens with one attached hydrogen (secondary N) is 1. The summed E-state index contributed by atoms with van der Waals surface area (Å²) in [5.74, 6) is 1.60. The highest BCUT2D eigenvalue weighted by atomic mass is 31.2. The quantitative estimate of drug-likeness (QED) is 0.653. The second-order valence-corrected chi connectivity index (χ2v) is 11.8. The zero-order chi connectivity index (χ0) is 20.4. The van der Waals surface area contributed by atoms with E-state index in [0.717, 1.165) is 23.8 Å². The maximum Gasteiger partial charge on any atom is 0.300 e. The highest BCUT2D eigenvalue weighted by molar-refractivity contribution is 7.65. The molecule has 1 aromatic carbocycles. The Bertz CT molecular complexity index is 649. The van der Waals surface area contributed by atoms with Gasteiger partial charge in [-0.1, -0.05) is 27.2 Å². The van der Waals surface area contributed by atoms with Crippen molar-refractivity contribution in [2.75, 3.05) is 19.0 Å². The van der Waals surface area contributed by atoms with E-state index < -0.39 is 7.52 Å². The number of hydrogen-bond acceptors (Lipinski definition) is 3. The van der Waals surface area contributed by atoms with Crippen molar-refractivity contribution in [3.05, 3.63) is 24.3 Å². The van der Waals surface area contributed by atoms with Crippen molar-refractivity contribution in [3.63, 3.8) is 0 Å². The van der Waals surface area contributed by atoms with E-state index in [1.807, 2.05) is 64.0 Å². The van der Waals surface area contributed by atoms with E-state index in [9.17, 15) is 4.57 Å². The van der Waals surface area contributed by atoms with Crippen LogP contribution in [0, 0.1) is 17.8 Å². The maximum absolute atomic E-state index is 14.1. The molecule has 27 heavy (non-hydrogen) atoms. The van der Waals surface area contributed by atoms with Gasteiger partial charge in [0.2, 0.25) is 0 Å². The van der Waals surface area contributed by atoms with Gasteiger partial charge in [-0.3, -0.25) is 4.57 Å². The fourth-order valence-electron chi connectivity index (χ4n) is 3.97. The van der Waals surface area contributed by atoms with Gasteiger partial charge in [0.05, 0.1) is 11.4 Å². The van der Waals surface area contributed by atoms with Crippen molar-refractivity contribution in [1.29, 1.82) is 0 Å². The molecule has 0 aromatic heterocycles. The number of anilines is 1. The molecule has 1 aromatic rings. The van der Waals surface area contributed by atoms with Gasteiger partial charge in [0.15, 0.2) is 0 Å². The number of benzene rings is 1. The molecule has 0 saturated heterocycles. The summed E-state index contributed by atoms with van der Waals surface area (Å²) in [4.78, 5) is 2.05. The summed E-state index contributed by atoms with van der Waals surface area (Å²) >= 11 is 0. The number of nitrogens with zero attached hydrogens (tertiary/aromatic N) is 1. The van der Waals surface area contributed by atoms with Crippen molar-refractivity contribution < 1.29 is 9.09 Å². The Balaban J connectivity index is 2.36. The minimum Gasteiger partial charge on any atom is -0.378 e. The lowest BCUT2D eigenvalue weighted by Gasteiger charge is -2.40. The van der Waals surface area contributed by atoms with Gasteiger partial charge in [-0.15, -0.1) is 0 Å². The van der Waals surface area contributed by atoms with Crippen LogP contribution in [0.2, 0.25) is 0 Å². The molecular formula is C22H39N2O2P. The molecule has 0 amide bonds. The molecule has 1 N–H and O–H groups in total. The van der Waals surface area contributed by atoms with Gasteiger partial charge in [0, 0.05) is 25.3 Å². The molecule has 1 saturated carbocycles. The summed E-state index contributed by atoms with van der Waals surface area (Å²) < 4.78 is 20.6. The summed E-state index contributed by atoms with van der Waals surface area (Å²) in [5, 5.41) is 4.09. The third kappa shape index (κ3) is 6.07. The van der Waals surface area contributed by atoms with Gasteiger partial charge >= 0.3 is 0 Å². The van der Waals surface area contributed by atoms with Crippen LogP contribution in [0.4, 0.5) is 5.69 Å². The fourth-order valence-corrected chi connectivity index (χ4v) is 6.32. The third-order valence-electron chi connectivity index (χ3n) is 5.43. The first-order chi connectivity index (χ1) is 12.4. The van der Waals surface area contributed by atoms with E-state index in [4.69, 9.17) is 4.52 Å². The summed E-state index contributed by atoms with van der Waals surface area (Å²) in [7, 11) is 0.834. The van der Waals surface area contributed by atoms with Crippen LogP contribution in [0.1, 0.15) is 60.8 Å². The van der Waals surface area contributed by atoms with Gasteiger partial charge in [-0.25, -0.2) is 5.09 Å². The van der Waals surface area contributed by atoms with E-state index in [2.05, 4.69) is 25.9 Å². The monoisotopic (exact) mass is 394 g/mol. The topological polar surface area (TPSA) is 41.6 Å². The highest BCUT2D eigenvalue weighted by Gasteiger charge is 2.39. The Labute approximate surface area is 166 Å². The van der Waals surface area contributed by atoms with Crippen molar-refractivity contribution in [3.8, 4) is 0 Å².